The number of carbonyl (C=O) groups excluding carboxylic acids is 4. The van der Waals surface area contributed by atoms with E-state index in [9.17, 15) is 45.5 Å². The third kappa shape index (κ3) is 13.4. The van der Waals surface area contributed by atoms with Crippen molar-refractivity contribution in [2.24, 2.45) is 0 Å². The van der Waals surface area contributed by atoms with Gasteiger partial charge in [-0.2, -0.15) is 26.3 Å². The van der Waals surface area contributed by atoms with Gasteiger partial charge in [-0.3, -0.25) is 0 Å². The average Bonchev–Trinajstić information content (AvgIpc) is 3.20. The zero-order chi connectivity index (χ0) is 42.3. The van der Waals surface area contributed by atoms with E-state index >= 15 is 0 Å². The molecule has 1 saturated carbocycles. The van der Waals surface area contributed by atoms with Crippen LogP contribution in [0.15, 0.2) is 86.0 Å². The van der Waals surface area contributed by atoms with Crippen molar-refractivity contribution in [3.63, 3.8) is 0 Å². The summed E-state index contributed by atoms with van der Waals surface area (Å²) in [7, 11) is 0. The second-order valence-electron chi connectivity index (χ2n) is 13.1. The predicted octanol–water partition coefficient (Wildman–Crippen LogP) is 9.60. The average molecular weight is 821 g/mol. The Labute approximate surface area is 330 Å². The molecule has 3 aromatic rings. The first kappa shape index (κ1) is 44.9. The number of ether oxygens (including phenoxy) is 6. The topological polar surface area (TPSA) is 124 Å². The van der Waals surface area contributed by atoms with Crippen LogP contribution in [0.25, 0.3) is 0 Å². The molecule has 10 nitrogen and oxygen atoms in total. The van der Waals surface area contributed by atoms with E-state index in [1.165, 1.54) is 36.4 Å². The van der Waals surface area contributed by atoms with Crippen molar-refractivity contribution in [1.82, 2.24) is 0 Å². The first-order chi connectivity index (χ1) is 27.6. The molecule has 0 N–H and O–H groups in total. The van der Waals surface area contributed by atoms with Gasteiger partial charge in [-0.1, -0.05) is 19.2 Å². The van der Waals surface area contributed by atoms with Gasteiger partial charge in [-0.25, -0.2) is 19.2 Å². The monoisotopic (exact) mass is 820 g/mol. The lowest BCUT2D eigenvalue weighted by Gasteiger charge is -2.31. The predicted molar refractivity (Wildman–Crippen MR) is 196 cm³/mol. The maximum Gasteiger partial charge on any atom is 0.420 e. The summed E-state index contributed by atoms with van der Waals surface area (Å²) in [6.07, 6.45) is -7.22. The van der Waals surface area contributed by atoms with Gasteiger partial charge in [-0.15, -0.1) is 0 Å². The Morgan fingerprint density at radius 2 is 1.03 bits per heavy atom. The minimum atomic E-state index is -5.55. The Hall–Kier alpha value is -5.80. The van der Waals surface area contributed by atoms with E-state index in [1.54, 1.807) is 12.1 Å². The Bertz CT molecular complexity index is 1880. The Morgan fingerprint density at radius 1 is 0.586 bits per heavy atom. The summed E-state index contributed by atoms with van der Waals surface area (Å²) in [4.78, 5) is 47.8. The molecule has 0 saturated heterocycles. The molecule has 1 aliphatic rings. The van der Waals surface area contributed by atoms with Gasteiger partial charge in [-0.05, 0) is 117 Å². The highest BCUT2D eigenvalue weighted by atomic mass is 19.4. The molecule has 312 valence electrons. The maximum absolute atomic E-state index is 14.5. The quantitative estimate of drug-likeness (QED) is 0.0289. The molecule has 0 atom stereocenters. The van der Waals surface area contributed by atoms with Crippen LogP contribution in [-0.2, 0) is 36.2 Å². The summed E-state index contributed by atoms with van der Waals surface area (Å²) in [6.45, 7) is 7.53. The fourth-order valence-electron chi connectivity index (χ4n) is 6.11. The van der Waals surface area contributed by atoms with Crippen molar-refractivity contribution in [3.8, 4) is 17.2 Å². The molecule has 0 unspecified atom stereocenters. The number of benzene rings is 3. The number of esters is 4. The highest BCUT2D eigenvalue weighted by Crippen LogP contribution is 2.50. The number of carbonyl (C=O) groups is 4. The molecule has 16 heteroatoms. The minimum absolute atomic E-state index is 0.00574. The van der Waals surface area contributed by atoms with E-state index in [2.05, 4.69) is 13.2 Å². The molecule has 4 rings (SSSR count). The Balaban J connectivity index is 1.35. The number of rotatable bonds is 19. The van der Waals surface area contributed by atoms with Crippen LogP contribution in [0.2, 0.25) is 0 Å². The molecular weight excluding hydrogens is 778 g/mol. The molecule has 0 spiro atoms. The lowest BCUT2D eigenvalue weighted by atomic mass is 9.79. The lowest BCUT2D eigenvalue weighted by Crippen LogP contribution is -2.27. The lowest BCUT2D eigenvalue weighted by molar-refractivity contribution is -0.163. The SMILES string of the molecule is C=CC(=O)OCCCCOc1ccc(C(=O)Oc2ccc(C3CCC(OC(=O)c4ccc(OCCCCOC(=O)C=C)cc4)CC3)c(C(F)(F)F)c2C(F)(F)F)cc1. The van der Waals surface area contributed by atoms with Crippen molar-refractivity contribution in [2.75, 3.05) is 26.4 Å². The zero-order valence-corrected chi connectivity index (χ0v) is 31.3. The van der Waals surface area contributed by atoms with Gasteiger partial charge in [0.25, 0.3) is 0 Å². The molecule has 0 amide bonds. The van der Waals surface area contributed by atoms with E-state index in [1.807, 2.05) is 0 Å². The molecule has 1 fully saturated rings. The molecule has 0 aromatic heterocycles. The number of halogens is 6. The van der Waals surface area contributed by atoms with Crippen molar-refractivity contribution in [3.05, 3.63) is 114 Å². The summed E-state index contributed by atoms with van der Waals surface area (Å²) < 4.78 is 118. The van der Waals surface area contributed by atoms with Crippen molar-refractivity contribution >= 4 is 23.9 Å². The molecule has 0 bridgehead atoms. The van der Waals surface area contributed by atoms with Crippen LogP contribution >= 0.6 is 0 Å². The number of hydrogen-bond acceptors (Lipinski definition) is 10. The molecular formula is C42H42F6O10. The van der Waals surface area contributed by atoms with Crippen LogP contribution in [0.1, 0.15) is 94.7 Å². The fourth-order valence-corrected chi connectivity index (χ4v) is 6.11. The third-order valence-electron chi connectivity index (χ3n) is 8.97. The van der Waals surface area contributed by atoms with Crippen LogP contribution in [0, 0.1) is 0 Å². The minimum Gasteiger partial charge on any atom is -0.494 e. The zero-order valence-electron chi connectivity index (χ0n) is 31.3. The van der Waals surface area contributed by atoms with Crippen LogP contribution in [-0.4, -0.2) is 56.4 Å². The van der Waals surface area contributed by atoms with Crippen LogP contribution in [0.4, 0.5) is 26.3 Å². The number of unbranched alkanes of at least 4 members (excludes halogenated alkanes) is 2. The van der Waals surface area contributed by atoms with E-state index in [4.69, 9.17) is 28.4 Å². The summed E-state index contributed by atoms with van der Waals surface area (Å²) >= 11 is 0. The first-order valence-corrected chi connectivity index (χ1v) is 18.4. The van der Waals surface area contributed by atoms with E-state index in [0.29, 0.717) is 43.8 Å². The van der Waals surface area contributed by atoms with Crippen molar-refractivity contribution in [1.29, 1.82) is 0 Å². The second-order valence-corrected chi connectivity index (χ2v) is 13.1. The second kappa shape index (κ2) is 21.1. The highest BCUT2D eigenvalue weighted by Gasteiger charge is 2.49. The third-order valence-corrected chi connectivity index (χ3v) is 8.97. The Morgan fingerprint density at radius 3 is 1.48 bits per heavy atom. The summed E-state index contributed by atoms with van der Waals surface area (Å²) in [5.41, 5.74) is -4.68. The molecule has 0 radical (unpaired) electrons. The van der Waals surface area contributed by atoms with Crippen molar-refractivity contribution < 1.29 is 73.9 Å². The van der Waals surface area contributed by atoms with Crippen LogP contribution < -0.4 is 14.2 Å². The summed E-state index contributed by atoms with van der Waals surface area (Å²) in [5, 5.41) is 0. The van der Waals surface area contributed by atoms with Gasteiger partial charge in [0.15, 0.2) is 0 Å². The molecule has 3 aromatic carbocycles. The van der Waals surface area contributed by atoms with Gasteiger partial charge in [0.2, 0.25) is 0 Å². The van der Waals surface area contributed by atoms with Gasteiger partial charge >= 0.3 is 36.2 Å². The highest BCUT2D eigenvalue weighted by molar-refractivity contribution is 5.91. The van der Waals surface area contributed by atoms with Gasteiger partial charge < -0.3 is 28.4 Å². The largest absolute Gasteiger partial charge is 0.494 e. The van der Waals surface area contributed by atoms with Crippen LogP contribution in [0.5, 0.6) is 17.2 Å². The summed E-state index contributed by atoms with van der Waals surface area (Å²) in [5.74, 6) is -4.53. The molecule has 0 heterocycles. The van der Waals surface area contributed by atoms with E-state index in [0.717, 1.165) is 24.3 Å². The van der Waals surface area contributed by atoms with Crippen molar-refractivity contribution in [2.45, 2.75) is 75.7 Å². The maximum atomic E-state index is 14.5. The van der Waals surface area contributed by atoms with Gasteiger partial charge in [0.1, 0.15) is 28.9 Å². The van der Waals surface area contributed by atoms with E-state index < -0.39 is 70.7 Å². The number of alkyl halides is 6. The first-order valence-electron chi connectivity index (χ1n) is 18.4. The van der Waals surface area contributed by atoms with Crippen LogP contribution in [0.3, 0.4) is 0 Å². The smallest absolute Gasteiger partial charge is 0.420 e. The molecule has 0 aliphatic heterocycles. The fraction of sp³-hybridized carbons (Fsp3) is 0.381. The standard InChI is InChI=1S/C42H42F6O10/c1-3-35(49)55-25-7-5-23-53-30-15-11-28(12-16-30)39(51)57-32-19-9-27(10-20-32)33-21-22-34(38(42(46,47)48)37(33)41(43,44)45)58-40(52)29-13-17-31(18-14-29)54-24-6-8-26-56-36(50)4-2/h3-4,11-18,21-22,27,32H,1-2,5-10,19-20,23-26H2. The normalized spacial score (nSPS) is 15.4. The number of hydrogen-bond donors (Lipinski definition) is 0. The van der Waals surface area contributed by atoms with Gasteiger partial charge in [0, 0.05) is 12.2 Å². The summed E-state index contributed by atoms with van der Waals surface area (Å²) in [6, 6.07) is 12.8. The van der Waals surface area contributed by atoms with E-state index in [-0.39, 0.29) is 56.6 Å². The van der Waals surface area contributed by atoms with Gasteiger partial charge in [0.05, 0.1) is 43.1 Å². The molecule has 58 heavy (non-hydrogen) atoms. The molecule has 1 aliphatic carbocycles. The Kier molecular flexibility index (Phi) is 16.3.